The van der Waals surface area contributed by atoms with E-state index in [9.17, 15) is 4.79 Å². The van der Waals surface area contributed by atoms with Crippen LogP contribution < -0.4 is 0 Å². The van der Waals surface area contributed by atoms with E-state index in [4.69, 9.17) is 0 Å². The number of hydrogen-bond acceptors (Lipinski definition) is 5. The van der Waals surface area contributed by atoms with Crippen LogP contribution in [0.5, 0.6) is 0 Å². The molecule has 1 amide bonds. The maximum Gasteiger partial charge on any atom is 0.274 e. The average molecular weight is 380 g/mol. The van der Waals surface area contributed by atoms with Crippen LogP contribution in [0.15, 0.2) is 65.5 Å². The van der Waals surface area contributed by atoms with Crippen molar-refractivity contribution < 1.29 is 4.79 Å². The maximum atomic E-state index is 13.1. The SMILES string of the molecule is O=C(c1cnc2ccccc2n1)N(CCc1cccs1)Cc1cccs1. The maximum absolute atomic E-state index is 13.1. The second-order valence-corrected chi connectivity index (χ2v) is 7.94. The standard InChI is InChI=1S/C20H17N3OS2/c24-20(19-13-21-17-7-1-2-8-18(17)22-19)23(14-16-6-4-12-26-16)10-9-15-5-3-11-25-15/h1-8,11-13H,9-10,14H2. The summed E-state index contributed by atoms with van der Waals surface area (Å²) in [5, 5.41) is 4.10. The van der Waals surface area contributed by atoms with Crippen molar-refractivity contribution in [1.82, 2.24) is 14.9 Å². The molecule has 0 unspecified atom stereocenters. The van der Waals surface area contributed by atoms with Crippen LogP contribution in [0.2, 0.25) is 0 Å². The van der Waals surface area contributed by atoms with Gasteiger partial charge in [-0.05, 0) is 41.4 Å². The van der Waals surface area contributed by atoms with Crippen LogP contribution in [-0.2, 0) is 13.0 Å². The molecule has 0 atom stereocenters. The normalized spacial score (nSPS) is 10.9. The largest absolute Gasteiger partial charge is 0.332 e. The van der Waals surface area contributed by atoms with Crippen LogP contribution >= 0.6 is 22.7 Å². The van der Waals surface area contributed by atoms with Crippen molar-refractivity contribution in [1.29, 1.82) is 0 Å². The first kappa shape index (κ1) is 16.9. The number of carbonyl (C=O) groups excluding carboxylic acids is 1. The van der Waals surface area contributed by atoms with Gasteiger partial charge in [-0.1, -0.05) is 24.3 Å². The van der Waals surface area contributed by atoms with Crippen LogP contribution in [0, 0.1) is 0 Å². The molecule has 0 N–H and O–H groups in total. The van der Waals surface area contributed by atoms with Gasteiger partial charge in [-0.2, -0.15) is 0 Å². The lowest BCUT2D eigenvalue weighted by Crippen LogP contribution is -2.32. The summed E-state index contributed by atoms with van der Waals surface area (Å²) in [7, 11) is 0. The zero-order valence-electron chi connectivity index (χ0n) is 14.0. The van der Waals surface area contributed by atoms with Gasteiger partial charge in [0.05, 0.1) is 23.8 Å². The van der Waals surface area contributed by atoms with Crippen molar-refractivity contribution in [3.05, 3.63) is 80.9 Å². The van der Waals surface area contributed by atoms with Gasteiger partial charge in [0.1, 0.15) is 5.69 Å². The van der Waals surface area contributed by atoms with Crippen LogP contribution in [0.25, 0.3) is 11.0 Å². The highest BCUT2D eigenvalue weighted by Gasteiger charge is 2.19. The molecule has 3 aromatic heterocycles. The molecule has 4 nitrogen and oxygen atoms in total. The molecule has 0 spiro atoms. The summed E-state index contributed by atoms with van der Waals surface area (Å²) < 4.78 is 0. The number of fused-ring (bicyclic) bond motifs is 1. The molecular weight excluding hydrogens is 362 g/mol. The predicted octanol–water partition coefficient (Wildman–Crippen LogP) is 4.64. The van der Waals surface area contributed by atoms with Gasteiger partial charge in [-0.25, -0.2) is 4.98 Å². The minimum Gasteiger partial charge on any atom is -0.332 e. The van der Waals surface area contributed by atoms with Crippen molar-refractivity contribution >= 4 is 39.6 Å². The molecule has 0 fully saturated rings. The first-order chi connectivity index (χ1) is 12.8. The number of benzene rings is 1. The van der Waals surface area contributed by atoms with Gasteiger partial charge in [0.2, 0.25) is 0 Å². The number of hydrogen-bond donors (Lipinski definition) is 0. The fourth-order valence-electron chi connectivity index (χ4n) is 2.77. The predicted molar refractivity (Wildman–Crippen MR) is 107 cm³/mol. The Kier molecular flexibility index (Phi) is 5.04. The van der Waals surface area contributed by atoms with Crippen molar-refractivity contribution in [3.63, 3.8) is 0 Å². The molecule has 4 rings (SSSR count). The van der Waals surface area contributed by atoms with Crippen molar-refractivity contribution in [3.8, 4) is 0 Å². The third-order valence-corrected chi connectivity index (χ3v) is 5.89. The molecule has 0 aliphatic rings. The van der Waals surface area contributed by atoms with E-state index in [-0.39, 0.29) is 5.91 Å². The molecule has 130 valence electrons. The van der Waals surface area contributed by atoms with Crippen LogP contribution in [0.4, 0.5) is 0 Å². The molecule has 0 saturated heterocycles. The van der Waals surface area contributed by atoms with Gasteiger partial charge in [0.25, 0.3) is 5.91 Å². The summed E-state index contributed by atoms with van der Waals surface area (Å²) in [6.45, 7) is 1.25. The van der Waals surface area contributed by atoms with E-state index in [1.807, 2.05) is 46.7 Å². The number of carbonyl (C=O) groups is 1. The Labute approximate surface area is 159 Å². The van der Waals surface area contributed by atoms with E-state index < -0.39 is 0 Å². The number of amides is 1. The molecule has 0 aliphatic carbocycles. The third-order valence-electron chi connectivity index (χ3n) is 4.09. The van der Waals surface area contributed by atoms with Crippen molar-refractivity contribution in [2.24, 2.45) is 0 Å². The Bertz CT molecular complexity index is 997. The van der Waals surface area contributed by atoms with Crippen molar-refractivity contribution in [2.45, 2.75) is 13.0 Å². The summed E-state index contributed by atoms with van der Waals surface area (Å²) in [5.74, 6) is -0.0757. The molecule has 0 saturated carbocycles. The van der Waals surface area contributed by atoms with E-state index in [1.54, 1.807) is 28.9 Å². The minimum absolute atomic E-state index is 0.0757. The number of nitrogens with zero attached hydrogens (tertiary/aromatic N) is 3. The Hall–Kier alpha value is -2.57. The summed E-state index contributed by atoms with van der Waals surface area (Å²) >= 11 is 3.38. The zero-order chi connectivity index (χ0) is 17.8. The highest BCUT2D eigenvalue weighted by molar-refractivity contribution is 7.10. The summed E-state index contributed by atoms with van der Waals surface area (Å²) in [6, 6.07) is 15.8. The minimum atomic E-state index is -0.0757. The fourth-order valence-corrected chi connectivity index (χ4v) is 4.18. The number of aromatic nitrogens is 2. The van der Waals surface area contributed by atoms with E-state index in [1.165, 1.54) is 9.75 Å². The van der Waals surface area contributed by atoms with Crippen LogP contribution in [0.3, 0.4) is 0 Å². The average Bonchev–Trinajstić information content (AvgIpc) is 3.38. The van der Waals surface area contributed by atoms with Gasteiger partial charge in [-0.3, -0.25) is 9.78 Å². The lowest BCUT2D eigenvalue weighted by Gasteiger charge is -2.21. The summed E-state index contributed by atoms with van der Waals surface area (Å²) in [6.07, 6.45) is 2.42. The zero-order valence-corrected chi connectivity index (χ0v) is 15.7. The molecule has 0 aliphatic heterocycles. The topological polar surface area (TPSA) is 46.1 Å². The monoisotopic (exact) mass is 379 g/mol. The van der Waals surface area contributed by atoms with Crippen LogP contribution in [-0.4, -0.2) is 27.3 Å². The van der Waals surface area contributed by atoms with E-state index in [0.29, 0.717) is 18.8 Å². The molecular formula is C20H17N3OS2. The van der Waals surface area contributed by atoms with Gasteiger partial charge in [0.15, 0.2) is 0 Å². The van der Waals surface area contributed by atoms with Gasteiger partial charge in [0, 0.05) is 16.3 Å². The Balaban J connectivity index is 1.58. The van der Waals surface area contributed by atoms with E-state index in [2.05, 4.69) is 27.5 Å². The lowest BCUT2D eigenvalue weighted by molar-refractivity contribution is 0.0741. The number of rotatable bonds is 6. The third kappa shape index (κ3) is 3.81. The number of para-hydroxylation sites is 2. The quantitative estimate of drug-likeness (QED) is 0.490. The molecule has 3 heterocycles. The Morgan fingerprint density at radius 1 is 0.923 bits per heavy atom. The first-order valence-electron chi connectivity index (χ1n) is 8.35. The molecule has 26 heavy (non-hydrogen) atoms. The fraction of sp³-hybridized carbons (Fsp3) is 0.150. The smallest absolute Gasteiger partial charge is 0.274 e. The van der Waals surface area contributed by atoms with Gasteiger partial charge in [-0.15, -0.1) is 22.7 Å². The summed E-state index contributed by atoms with van der Waals surface area (Å²) in [4.78, 5) is 26.3. The highest BCUT2D eigenvalue weighted by atomic mass is 32.1. The molecule has 0 bridgehead atoms. The van der Waals surface area contributed by atoms with E-state index in [0.717, 1.165) is 17.5 Å². The molecule has 0 radical (unpaired) electrons. The lowest BCUT2D eigenvalue weighted by atomic mass is 10.2. The summed E-state index contributed by atoms with van der Waals surface area (Å²) in [5.41, 5.74) is 1.94. The van der Waals surface area contributed by atoms with Crippen LogP contribution in [0.1, 0.15) is 20.2 Å². The second kappa shape index (κ2) is 7.76. The Morgan fingerprint density at radius 3 is 2.38 bits per heavy atom. The second-order valence-electron chi connectivity index (χ2n) is 5.88. The molecule has 4 aromatic rings. The molecule has 1 aromatic carbocycles. The highest BCUT2D eigenvalue weighted by Crippen LogP contribution is 2.17. The van der Waals surface area contributed by atoms with Crippen molar-refractivity contribution in [2.75, 3.05) is 6.54 Å². The van der Waals surface area contributed by atoms with Gasteiger partial charge >= 0.3 is 0 Å². The first-order valence-corrected chi connectivity index (χ1v) is 10.1. The number of thiophene rings is 2. The van der Waals surface area contributed by atoms with Gasteiger partial charge < -0.3 is 4.90 Å². The molecule has 6 heteroatoms. The van der Waals surface area contributed by atoms with E-state index >= 15 is 0 Å². The Morgan fingerprint density at radius 2 is 1.65 bits per heavy atom.